The molecule has 0 aromatic heterocycles. The van der Waals surface area contributed by atoms with Crippen molar-refractivity contribution in [3.63, 3.8) is 0 Å². The van der Waals surface area contributed by atoms with Crippen LogP contribution in [-0.4, -0.2) is 20.8 Å². The van der Waals surface area contributed by atoms with Crippen LogP contribution in [0, 0.1) is 0 Å². The Balaban J connectivity index is 2.31. The molecular formula is C2H6O2PS+. The van der Waals surface area contributed by atoms with Crippen molar-refractivity contribution in [2.24, 2.45) is 0 Å². The molecule has 1 aliphatic heterocycles. The molecule has 0 saturated carbocycles. The molecule has 1 fully saturated rings. The van der Waals surface area contributed by atoms with Gasteiger partial charge in [-0.25, -0.2) is 9.79 Å². The third kappa shape index (κ3) is 0.850. The molecule has 0 radical (unpaired) electrons. The van der Waals surface area contributed by atoms with Gasteiger partial charge in [-0.15, -0.1) is 0 Å². The molecule has 0 aliphatic carbocycles. The minimum atomic E-state index is -2.25. The van der Waals surface area contributed by atoms with Crippen molar-refractivity contribution < 1.29 is 9.79 Å². The molecule has 1 saturated heterocycles. The Labute approximate surface area is 41.1 Å². The van der Waals surface area contributed by atoms with Gasteiger partial charge in [0, 0.05) is 0 Å². The zero-order valence-corrected chi connectivity index (χ0v) is 4.88. The molecule has 6 heavy (non-hydrogen) atoms. The van der Waals surface area contributed by atoms with Gasteiger partial charge in [0.2, 0.25) is 0 Å². The fourth-order valence-electron chi connectivity index (χ4n) is 0.255. The van der Waals surface area contributed by atoms with Crippen molar-refractivity contribution in [3.8, 4) is 0 Å². The van der Waals surface area contributed by atoms with Crippen molar-refractivity contribution in [2.75, 3.05) is 11.0 Å². The number of rotatable bonds is 0. The lowest BCUT2D eigenvalue weighted by Gasteiger charge is -2.17. The van der Waals surface area contributed by atoms with E-state index in [2.05, 4.69) is 0 Å². The summed E-state index contributed by atoms with van der Waals surface area (Å²) in [5.41, 5.74) is 1.18. The second-order valence-electron chi connectivity index (χ2n) is 1.34. The van der Waals surface area contributed by atoms with Gasteiger partial charge in [-0.1, -0.05) is 11.8 Å². The predicted molar refractivity (Wildman–Crippen MR) is 28.7 cm³/mol. The van der Waals surface area contributed by atoms with Crippen LogP contribution in [0.1, 0.15) is 0 Å². The predicted octanol–water partition coefficient (Wildman–Crippen LogP) is 0.480. The lowest BCUT2D eigenvalue weighted by atomic mass is 11.8. The Morgan fingerprint density at radius 2 is 1.67 bits per heavy atom. The monoisotopic (exact) mass is 125 g/mol. The van der Waals surface area contributed by atoms with Crippen molar-refractivity contribution >= 4 is 19.5 Å². The quantitative estimate of drug-likeness (QED) is 0.462. The fraction of sp³-hybridized carbons (Fsp3) is 1.00. The van der Waals surface area contributed by atoms with Gasteiger partial charge in [-0.05, 0) is 0 Å². The van der Waals surface area contributed by atoms with Crippen LogP contribution in [0.2, 0.25) is 0 Å². The summed E-state index contributed by atoms with van der Waals surface area (Å²) in [6.07, 6.45) is 0. The number of hydrogen-bond acceptors (Lipinski definition) is 3. The first kappa shape index (κ1) is 4.85. The molecule has 1 aliphatic rings. The average molecular weight is 125 g/mol. The summed E-state index contributed by atoms with van der Waals surface area (Å²) in [5.74, 6) is 0. The van der Waals surface area contributed by atoms with Crippen LogP contribution in [0.25, 0.3) is 0 Å². The molecule has 0 aromatic rings. The minimum absolute atomic E-state index is 0.590. The lowest BCUT2D eigenvalue weighted by Crippen LogP contribution is -2.06. The van der Waals surface area contributed by atoms with E-state index in [1.54, 1.807) is 11.8 Å². The van der Waals surface area contributed by atoms with Crippen LogP contribution in [0.3, 0.4) is 0 Å². The molecule has 0 unspecified atom stereocenters. The topological polar surface area (TPSA) is 40.5 Å². The zero-order chi connectivity index (χ0) is 4.62. The van der Waals surface area contributed by atoms with Gasteiger partial charge in [0.1, 0.15) is 0 Å². The van der Waals surface area contributed by atoms with E-state index in [4.69, 9.17) is 9.79 Å². The maximum atomic E-state index is 8.56. The normalized spacial score (nSPS) is 29.0. The van der Waals surface area contributed by atoms with Gasteiger partial charge in [-0.3, -0.25) is 0 Å². The molecule has 36 valence electrons. The molecule has 0 atom stereocenters. The summed E-state index contributed by atoms with van der Waals surface area (Å²) < 4.78 is 0. The molecule has 1 heterocycles. The standard InChI is InChI=1S/C2H6O2PS/c3-5(4)1-6-2-5/h3-4H,1-2H2/q+1. The largest absolute Gasteiger partial charge is 0.287 e. The van der Waals surface area contributed by atoms with E-state index >= 15 is 0 Å². The Hall–Kier alpha value is 0.700. The molecule has 4 heteroatoms. The third-order valence-corrected chi connectivity index (χ3v) is 5.36. The number of thioether (sulfide) groups is 1. The first-order chi connectivity index (χ1) is 2.71. The Morgan fingerprint density at radius 1 is 1.33 bits per heavy atom. The molecule has 2 nitrogen and oxygen atoms in total. The summed E-state index contributed by atoms with van der Waals surface area (Å²) in [6.45, 7) is 0. The van der Waals surface area contributed by atoms with Gasteiger partial charge < -0.3 is 0 Å². The highest BCUT2D eigenvalue weighted by Gasteiger charge is 2.42. The first-order valence-corrected chi connectivity index (χ1v) is 4.83. The average Bonchev–Trinajstić information content (AvgIpc) is 1.32. The van der Waals surface area contributed by atoms with Crippen LogP contribution in [0.5, 0.6) is 0 Å². The van der Waals surface area contributed by atoms with E-state index in [0.717, 1.165) is 0 Å². The Morgan fingerprint density at radius 3 is 1.67 bits per heavy atom. The fourth-order valence-corrected chi connectivity index (χ4v) is 2.29. The number of hydrogen-bond donors (Lipinski definition) is 2. The molecule has 0 spiro atoms. The lowest BCUT2D eigenvalue weighted by molar-refractivity contribution is 0.460. The van der Waals surface area contributed by atoms with Gasteiger partial charge >= 0.3 is 0 Å². The van der Waals surface area contributed by atoms with Crippen LogP contribution in [0.15, 0.2) is 0 Å². The zero-order valence-electron chi connectivity index (χ0n) is 3.16. The van der Waals surface area contributed by atoms with Crippen LogP contribution in [0.4, 0.5) is 0 Å². The summed E-state index contributed by atoms with van der Waals surface area (Å²) in [4.78, 5) is 17.1. The second-order valence-corrected chi connectivity index (χ2v) is 5.57. The van der Waals surface area contributed by atoms with E-state index in [1.807, 2.05) is 0 Å². The van der Waals surface area contributed by atoms with Crippen molar-refractivity contribution in [2.45, 2.75) is 0 Å². The Bertz CT molecular complexity index is 58.6. The van der Waals surface area contributed by atoms with E-state index < -0.39 is 7.72 Å². The molecule has 2 N–H and O–H groups in total. The molecule has 0 bridgehead atoms. The molecule has 0 aromatic carbocycles. The maximum Gasteiger partial charge on any atom is 0.287 e. The highest BCUT2D eigenvalue weighted by Crippen LogP contribution is 2.64. The van der Waals surface area contributed by atoms with E-state index in [-0.39, 0.29) is 0 Å². The summed E-state index contributed by atoms with van der Waals surface area (Å²) in [7, 11) is -2.25. The van der Waals surface area contributed by atoms with Gasteiger partial charge in [0.25, 0.3) is 7.72 Å². The second kappa shape index (κ2) is 1.34. The van der Waals surface area contributed by atoms with Gasteiger partial charge in [0.15, 0.2) is 11.0 Å². The summed E-state index contributed by atoms with van der Waals surface area (Å²) in [6, 6.07) is 0. The summed E-state index contributed by atoms with van der Waals surface area (Å²) in [5, 5.41) is 0. The van der Waals surface area contributed by atoms with Crippen molar-refractivity contribution in [1.82, 2.24) is 0 Å². The molecule has 1 rings (SSSR count). The highest BCUT2D eigenvalue weighted by molar-refractivity contribution is 8.18. The SMILES string of the molecule is O[P+]1(O)CSC1. The van der Waals surface area contributed by atoms with E-state index in [1.165, 1.54) is 0 Å². The van der Waals surface area contributed by atoms with Gasteiger partial charge in [0.05, 0.1) is 0 Å². The van der Waals surface area contributed by atoms with Crippen molar-refractivity contribution in [3.05, 3.63) is 0 Å². The molecule has 0 amide bonds. The van der Waals surface area contributed by atoms with Crippen LogP contribution in [-0.2, 0) is 0 Å². The van der Waals surface area contributed by atoms with Crippen LogP contribution < -0.4 is 0 Å². The Kier molecular flexibility index (Phi) is 1.08. The summed E-state index contributed by atoms with van der Waals surface area (Å²) >= 11 is 1.59. The highest BCUT2D eigenvalue weighted by atomic mass is 32.2. The maximum absolute atomic E-state index is 8.56. The third-order valence-electron chi connectivity index (χ3n) is 0.596. The molecular weight excluding hydrogens is 119 g/mol. The van der Waals surface area contributed by atoms with Crippen LogP contribution >= 0.6 is 19.5 Å². The van der Waals surface area contributed by atoms with E-state index in [9.17, 15) is 0 Å². The van der Waals surface area contributed by atoms with Crippen molar-refractivity contribution in [1.29, 1.82) is 0 Å². The first-order valence-electron chi connectivity index (χ1n) is 1.61. The minimum Gasteiger partial charge on any atom is -0.219 e. The van der Waals surface area contributed by atoms with Gasteiger partial charge in [-0.2, -0.15) is 0 Å². The smallest absolute Gasteiger partial charge is 0.219 e. The van der Waals surface area contributed by atoms with E-state index in [0.29, 0.717) is 11.0 Å².